The summed E-state index contributed by atoms with van der Waals surface area (Å²) in [5, 5.41) is 10.1. The fourth-order valence-electron chi connectivity index (χ4n) is 2.99. The third kappa shape index (κ3) is 4.22. The Morgan fingerprint density at radius 3 is 2.81 bits per heavy atom. The van der Waals surface area contributed by atoms with Gasteiger partial charge in [-0.2, -0.15) is 0 Å². The van der Waals surface area contributed by atoms with E-state index in [2.05, 4.69) is 4.90 Å². The number of morpholine rings is 1. The summed E-state index contributed by atoms with van der Waals surface area (Å²) < 4.78 is 32.6. The molecule has 0 spiro atoms. The van der Waals surface area contributed by atoms with Crippen molar-refractivity contribution in [3.05, 3.63) is 35.4 Å². The molecule has 3 nitrogen and oxygen atoms in total. The lowest BCUT2D eigenvalue weighted by Gasteiger charge is -2.42. The van der Waals surface area contributed by atoms with Crippen molar-refractivity contribution in [2.45, 2.75) is 45.0 Å². The van der Waals surface area contributed by atoms with Gasteiger partial charge in [0.15, 0.2) is 11.6 Å². The average Bonchev–Trinajstić information content (AvgIpc) is 2.37. The van der Waals surface area contributed by atoms with E-state index in [9.17, 15) is 13.9 Å². The van der Waals surface area contributed by atoms with Gasteiger partial charge >= 0.3 is 0 Å². The van der Waals surface area contributed by atoms with E-state index in [0.29, 0.717) is 13.0 Å². The van der Waals surface area contributed by atoms with E-state index < -0.39 is 17.7 Å². The Labute approximate surface area is 124 Å². The predicted molar refractivity (Wildman–Crippen MR) is 77.0 cm³/mol. The molecule has 0 saturated carbocycles. The van der Waals surface area contributed by atoms with E-state index in [1.807, 2.05) is 20.8 Å². The van der Waals surface area contributed by atoms with Gasteiger partial charge in [-0.1, -0.05) is 12.1 Å². The number of ether oxygens (including phenoxy) is 1. The Morgan fingerprint density at radius 1 is 1.43 bits per heavy atom. The molecule has 21 heavy (non-hydrogen) atoms. The number of hydrogen-bond acceptors (Lipinski definition) is 3. The lowest BCUT2D eigenvalue weighted by atomic mass is 10.0. The second-order valence-electron chi connectivity index (χ2n) is 6.37. The highest BCUT2D eigenvalue weighted by molar-refractivity contribution is 5.21. The highest BCUT2D eigenvalue weighted by Gasteiger charge is 2.31. The topological polar surface area (TPSA) is 32.7 Å². The summed E-state index contributed by atoms with van der Waals surface area (Å²) in [6.45, 7) is 8.22. The standard InChI is InChI=1S/C16H23F2NO2/c1-11-9-19(10-16(2,3)21-11)8-7-14(20)12-5-4-6-13(17)15(12)18/h4-6,11,14,20H,7-10H2,1-3H3. The molecule has 0 radical (unpaired) electrons. The van der Waals surface area contributed by atoms with Crippen molar-refractivity contribution in [3.63, 3.8) is 0 Å². The van der Waals surface area contributed by atoms with E-state index in [1.54, 1.807) is 0 Å². The largest absolute Gasteiger partial charge is 0.388 e. The summed E-state index contributed by atoms with van der Waals surface area (Å²) in [7, 11) is 0. The lowest BCUT2D eigenvalue weighted by molar-refractivity contribution is -0.130. The second kappa shape index (κ2) is 6.38. The molecule has 0 bridgehead atoms. The van der Waals surface area contributed by atoms with Crippen LogP contribution in [0.2, 0.25) is 0 Å². The minimum Gasteiger partial charge on any atom is -0.388 e. The van der Waals surface area contributed by atoms with Gasteiger partial charge in [0.1, 0.15) is 0 Å². The highest BCUT2D eigenvalue weighted by atomic mass is 19.2. The molecular formula is C16H23F2NO2. The monoisotopic (exact) mass is 299 g/mol. The molecule has 1 aliphatic rings. The van der Waals surface area contributed by atoms with E-state index in [1.165, 1.54) is 12.1 Å². The molecule has 0 amide bonds. The van der Waals surface area contributed by atoms with Crippen molar-refractivity contribution in [1.29, 1.82) is 0 Å². The van der Waals surface area contributed by atoms with Gasteiger partial charge < -0.3 is 9.84 Å². The maximum Gasteiger partial charge on any atom is 0.164 e. The van der Waals surface area contributed by atoms with Crippen molar-refractivity contribution in [2.24, 2.45) is 0 Å². The summed E-state index contributed by atoms with van der Waals surface area (Å²) in [6.07, 6.45) is -0.512. The molecule has 1 aromatic rings. The molecule has 1 heterocycles. The molecule has 2 unspecified atom stereocenters. The zero-order valence-corrected chi connectivity index (χ0v) is 12.8. The number of hydrogen-bond donors (Lipinski definition) is 1. The minimum atomic E-state index is -0.998. The van der Waals surface area contributed by atoms with Crippen LogP contribution in [0.15, 0.2) is 18.2 Å². The van der Waals surface area contributed by atoms with Crippen LogP contribution in [0.5, 0.6) is 0 Å². The van der Waals surface area contributed by atoms with Crippen molar-refractivity contribution in [3.8, 4) is 0 Å². The molecule has 1 aliphatic heterocycles. The van der Waals surface area contributed by atoms with Gasteiger partial charge in [-0.15, -0.1) is 0 Å². The zero-order valence-electron chi connectivity index (χ0n) is 12.8. The van der Waals surface area contributed by atoms with Crippen LogP contribution in [0.4, 0.5) is 8.78 Å². The molecule has 0 aliphatic carbocycles. The molecule has 5 heteroatoms. The zero-order chi connectivity index (χ0) is 15.6. The molecule has 1 saturated heterocycles. The summed E-state index contributed by atoms with van der Waals surface area (Å²) >= 11 is 0. The first-order chi connectivity index (χ1) is 9.78. The number of aliphatic hydroxyl groups is 1. The van der Waals surface area contributed by atoms with E-state index in [0.717, 1.165) is 19.2 Å². The Kier molecular flexibility index (Phi) is 4.96. The molecule has 1 N–H and O–H groups in total. The highest BCUT2D eigenvalue weighted by Crippen LogP contribution is 2.25. The molecule has 2 rings (SSSR count). The van der Waals surface area contributed by atoms with Gasteiger partial charge in [-0.25, -0.2) is 8.78 Å². The Bertz CT molecular complexity index is 493. The smallest absolute Gasteiger partial charge is 0.164 e. The van der Waals surface area contributed by atoms with Crippen LogP contribution in [0.25, 0.3) is 0 Å². The third-order valence-electron chi connectivity index (χ3n) is 3.70. The summed E-state index contributed by atoms with van der Waals surface area (Å²) in [6, 6.07) is 3.89. The molecule has 118 valence electrons. The number of aliphatic hydroxyl groups excluding tert-OH is 1. The summed E-state index contributed by atoms with van der Waals surface area (Å²) in [4.78, 5) is 2.19. The van der Waals surface area contributed by atoms with Crippen LogP contribution in [0, 0.1) is 11.6 Å². The van der Waals surface area contributed by atoms with Crippen LogP contribution < -0.4 is 0 Å². The quantitative estimate of drug-likeness (QED) is 0.928. The maximum atomic E-state index is 13.6. The fourth-order valence-corrected chi connectivity index (χ4v) is 2.99. The van der Waals surface area contributed by atoms with Crippen LogP contribution in [-0.4, -0.2) is 41.3 Å². The number of nitrogens with zero attached hydrogens (tertiary/aromatic N) is 1. The SMILES string of the molecule is CC1CN(CCC(O)c2cccc(F)c2F)CC(C)(C)O1. The van der Waals surface area contributed by atoms with Gasteiger partial charge in [0.25, 0.3) is 0 Å². The van der Waals surface area contributed by atoms with Crippen LogP contribution in [0.3, 0.4) is 0 Å². The van der Waals surface area contributed by atoms with E-state index in [-0.39, 0.29) is 17.3 Å². The van der Waals surface area contributed by atoms with Crippen LogP contribution >= 0.6 is 0 Å². The summed E-state index contributed by atoms with van der Waals surface area (Å²) in [5.74, 6) is -1.88. The number of halogens is 2. The van der Waals surface area contributed by atoms with E-state index in [4.69, 9.17) is 4.74 Å². The second-order valence-corrected chi connectivity index (χ2v) is 6.37. The maximum absolute atomic E-state index is 13.6. The van der Waals surface area contributed by atoms with Gasteiger partial charge in [-0.05, 0) is 33.3 Å². The van der Waals surface area contributed by atoms with Crippen molar-refractivity contribution in [1.82, 2.24) is 4.90 Å². The third-order valence-corrected chi connectivity index (χ3v) is 3.70. The minimum absolute atomic E-state index is 0.0237. The fraction of sp³-hybridized carbons (Fsp3) is 0.625. The lowest BCUT2D eigenvalue weighted by Crippen LogP contribution is -2.52. The van der Waals surface area contributed by atoms with Gasteiger partial charge in [0.2, 0.25) is 0 Å². The average molecular weight is 299 g/mol. The van der Waals surface area contributed by atoms with Crippen molar-refractivity contribution < 1.29 is 18.6 Å². The van der Waals surface area contributed by atoms with Crippen molar-refractivity contribution in [2.75, 3.05) is 19.6 Å². The predicted octanol–water partition coefficient (Wildman–Crippen LogP) is 2.89. The molecule has 0 aromatic heterocycles. The molecule has 1 fully saturated rings. The molecule has 2 atom stereocenters. The normalized spacial score (nSPS) is 24.0. The van der Waals surface area contributed by atoms with Gasteiger partial charge in [0, 0.05) is 25.2 Å². The Hall–Kier alpha value is -1.04. The van der Waals surface area contributed by atoms with Gasteiger partial charge in [-0.3, -0.25) is 4.90 Å². The molecular weight excluding hydrogens is 276 g/mol. The molecule has 1 aromatic carbocycles. The number of rotatable bonds is 4. The van der Waals surface area contributed by atoms with E-state index >= 15 is 0 Å². The van der Waals surface area contributed by atoms with Gasteiger partial charge in [0.05, 0.1) is 17.8 Å². The first-order valence-corrected chi connectivity index (χ1v) is 7.30. The Balaban J connectivity index is 1.95. The summed E-state index contributed by atoms with van der Waals surface area (Å²) in [5.41, 5.74) is -0.206. The Morgan fingerprint density at radius 2 is 2.14 bits per heavy atom. The first-order valence-electron chi connectivity index (χ1n) is 7.30. The first kappa shape index (κ1) is 16.3. The van der Waals surface area contributed by atoms with Crippen LogP contribution in [0.1, 0.15) is 38.9 Å². The van der Waals surface area contributed by atoms with Crippen molar-refractivity contribution >= 4 is 0 Å². The van der Waals surface area contributed by atoms with Crippen LogP contribution in [-0.2, 0) is 4.74 Å². The number of benzene rings is 1.